The summed E-state index contributed by atoms with van der Waals surface area (Å²) in [5, 5.41) is 3.22. The summed E-state index contributed by atoms with van der Waals surface area (Å²) in [7, 11) is 1.73. The molecular formula is C23H19ClN2O3S. The molecule has 0 unspecified atom stereocenters. The summed E-state index contributed by atoms with van der Waals surface area (Å²) in [6.45, 7) is 0.814. The van der Waals surface area contributed by atoms with Crippen LogP contribution >= 0.6 is 22.9 Å². The van der Waals surface area contributed by atoms with Gasteiger partial charge in [-0.1, -0.05) is 35.9 Å². The Bertz CT molecular complexity index is 1140. The van der Waals surface area contributed by atoms with Crippen LogP contribution in [-0.2, 0) is 13.2 Å². The van der Waals surface area contributed by atoms with Gasteiger partial charge in [0.25, 0.3) is 5.91 Å². The van der Waals surface area contributed by atoms with Crippen LogP contribution in [0.3, 0.4) is 0 Å². The van der Waals surface area contributed by atoms with Crippen molar-refractivity contribution in [3.8, 4) is 16.3 Å². The number of hydrogen-bond donors (Lipinski definition) is 0. The van der Waals surface area contributed by atoms with E-state index in [1.54, 1.807) is 29.7 Å². The highest BCUT2D eigenvalue weighted by atomic mass is 35.5. The topological polar surface area (TPSA) is 55.6 Å². The van der Waals surface area contributed by atoms with E-state index in [4.69, 9.17) is 20.8 Å². The fourth-order valence-corrected chi connectivity index (χ4v) is 3.92. The second-order valence-corrected chi connectivity index (χ2v) is 8.02. The molecule has 2 aromatic heterocycles. The zero-order valence-corrected chi connectivity index (χ0v) is 17.8. The molecule has 0 aliphatic heterocycles. The van der Waals surface area contributed by atoms with Crippen LogP contribution in [0.2, 0.25) is 5.02 Å². The zero-order chi connectivity index (χ0) is 20.9. The molecule has 0 saturated heterocycles. The van der Waals surface area contributed by atoms with Gasteiger partial charge < -0.3 is 14.1 Å². The van der Waals surface area contributed by atoms with E-state index in [-0.39, 0.29) is 5.91 Å². The molecule has 4 rings (SSSR count). The Labute approximate surface area is 183 Å². The molecule has 0 atom stereocenters. The fourth-order valence-electron chi connectivity index (χ4n) is 2.92. The average Bonchev–Trinajstić information content (AvgIpc) is 3.44. The van der Waals surface area contributed by atoms with Crippen LogP contribution in [0.15, 0.2) is 76.7 Å². The predicted octanol–water partition coefficient (Wildman–Crippen LogP) is 5.91. The molecule has 1 amide bonds. The van der Waals surface area contributed by atoms with Gasteiger partial charge in [-0.05, 0) is 42.0 Å². The zero-order valence-electron chi connectivity index (χ0n) is 16.2. The van der Waals surface area contributed by atoms with Gasteiger partial charge in [-0.3, -0.25) is 4.79 Å². The number of thiazole rings is 1. The first-order valence-corrected chi connectivity index (χ1v) is 10.6. The summed E-state index contributed by atoms with van der Waals surface area (Å²) < 4.78 is 11.2. The van der Waals surface area contributed by atoms with Crippen molar-refractivity contribution >= 4 is 28.8 Å². The van der Waals surface area contributed by atoms with Gasteiger partial charge in [0.2, 0.25) is 0 Å². The molecule has 0 aliphatic rings. The highest BCUT2D eigenvalue weighted by Gasteiger charge is 2.17. The highest BCUT2D eigenvalue weighted by Crippen LogP contribution is 2.28. The molecule has 2 heterocycles. The first-order chi connectivity index (χ1) is 14.6. The van der Waals surface area contributed by atoms with Crippen LogP contribution in [0.5, 0.6) is 5.75 Å². The third-order valence-electron chi connectivity index (χ3n) is 4.42. The largest absolute Gasteiger partial charge is 0.489 e. The lowest BCUT2D eigenvalue weighted by Crippen LogP contribution is -2.26. The van der Waals surface area contributed by atoms with E-state index in [9.17, 15) is 4.79 Å². The van der Waals surface area contributed by atoms with E-state index < -0.39 is 0 Å². The van der Waals surface area contributed by atoms with Crippen molar-refractivity contribution in [3.05, 3.63) is 94.3 Å². The number of carbonyl (C=O) groups excluding carboxylic acids is 1. The first-order valence-electron chi connectivity index (χ1n) is 9.29. The number of benzene rings is 2. The van der Waals surface area contributed by atoms with Crippen molar-refractivity contribution in [2.24, 2.45) is 0 Å². The van der Waals surface area contributed by atoms with Crippen LogP contribution in [0, 0.1) is 0 Å². The number of aromatic nitrogens is 1. The van der Waals surface area contributed by atoms with E-state index in [2.05, 4.69) is 4.98 Å². The Kier molecular flexibility index (Phi) is 6.16. The molecule has 5 nitrogen and oxygen atoms in total. The van der Waals surface area contributed by atoms with E-state index in [1.165, 1.54) is 11.3 Å². The van der Waals surface area contributed by atoms with Gasteiger partial charge in [0.1, 0.15) is 28.8 Å². The van der Waals surface area contributed by atoms with Gasteiger partial charge in [-0.25, -0.2) is 4.98 Å². The fraction of sp³-hybridized carbons (Fsp3) is 0.130. The van der Waals surface area contributed by atoms with Crippen LogP contribution in [-0.4, -0.2) is 22.8 Å². The van der Waals surface area contributed by atoms with Crippen molar-refractivity contribution in [2.45, 2.75) is 13.2 Å². The normalized spacial score (nSPS) is 10.7. The molecule has 0 spiro atoms. The molecule has 0 N–H and O–H groups in total. The smallest absolute Gasteiger partial charge is 0.273 e. The number of halogens is 1. The van der Waals surface area contributed by atoms with Gasteiger partial charge in [0.15, 0.2) is 0 Å². The molecule has 152 valence electrons. The third kappa shape index (κ3) is 4.90. The Morgan fingerprint density at radius 1 is 1.17 bits per heavy atom. The molecular weight excluding hydrogens is 420 g/mol. The van der Waals surface area contributed by atoms with Crippen molar-refractivity contribution in [3.63, 3.8) is 0 Å². The van der Waals surface area contributed by atoms with Crippen LogP contribution < -0.4 is 4.74 Å². The lowest BCUT2D eigenvalue weighted by molar-refractivity contribution is 0.0770. The molecule has 0 saturated carbocycles. The summed E-state index contributed by atoms with van der Waals surface area (Å²) in [6.07, 6.45) is 1.59. The van der Waals surface area contributed by atoms with Crippen LogP contribution in [0.4, 0.5) is 0 Å². The molecule has 4 aromatic rings. The number of nitrogens with zero attached hydrogens (tertiary/aromatic N) is 2. The molecule has 0 radical (unpaired) electrons. The predicted molar refractivity (Wildman–Crippen MR) is 118 cm³/mol. The highest BCUT2D eigenvalue weighted by molar-refractivity contribution is 7.13. The van der Waals surface area contributed by atoms with Crippen LogP contribution in [0.25, 0.3) is 10.6 Å². The molecule has 30 heavy (non-hydrogen) atoms. The van der Waals surface area contributed by atoms with Crippen LogP contribution in [0.1, 0.15) is 21.8 Å². The lowest BCUT2D eigenvalue weighted by Gasteiger charge is -2.13. The van der Waals surface area contributed by atoms with E-state index in [1.807, 2.05) is 54.6 Å². The molecule has 0 bridgehead atoms. The third-order valence-corrected chi connectivity index (χ3v) is 5.55. The lowest BCUT2D eigenvalue weighted by atomic mass is 10.2. The van der Waals surface area contributed by atoms with Gasteiger partial charge in [-0.2, -0.15) is 0 Å². The second-order valence-electron chi connectivity index (χ2n) is 6.72. The quantitative estimate of drug-likeness (QED) is 0.360. The van der Waals surface area contributed by atoms with Crippen molar-refractivity contribution in [1.82, 2.24) is 9.88 Å². The number of hydrogen-bond acceptors (Lipinski definition) is 5. The Morgan fingerprint density at radius 2 is 2.03 bits per heavy atom. The second kappa shape index (κ2) is 9.15. The van der Waals surface area contributed by atoms with E-state index in [0.29, 0.717) is 23.9 Å². The number of rotatable bonds is 7. The number of furan rings is 1. The maximum atomic E-state index is 12.7. The number of carbonyl (C=O) groups is 1. The molecule has 0 aliphatic carbocycles. The maximum Gasteiger partial charge on any atom is 0.273 e. The van der Waals surface area contributed by atoms with Gasteiger partial charge in [-0.15, -0.1) is 11.3 Å². The van der Waals surface area contributed by atoms with E-state index >= 15 is 0 Å². The Morgan fingerprint density at radius 3 is 2.83 bits per heavy atom. The van der Waals surface area contributed by atoms with Crippen molar-refractivity contribution in [2.75, 3.05) is 7.05 Å². The van der Waals surface area contributed by atoms with E-state index in [0.717, 1.165) is 27.6 Å². The molecule has 7 heteroatoms. The average molecular weight is 439 g/mol. The Balaban J connectivity index is 1.44. The summed E-state index contributed by atoms with van der Waals surface area (Å²) >= 11 is 7.45. The summed E-state index contributed by atoms with van der Waals surface area (Å²) in [5.41, 5.74) is 2.31. The van der Waals surface area contributed by atoms with Gasteiger partial charge >= 0.3 is 0 Å². The van der Waals surface area contributed by atoms with Gasteiger partial charge in [0, 0.05) is 23.0 Å². The monoisotopic (exact) mass is 438 g/mol. The standard InChI is InChI=1S/C23H19ClN2O3S/c1-26(13-20-9-4-10-28-20)23(27)21-15-30-22(25-21)17-6-3-8-19(12-17)29-14-16-5-2-7-18(24)11-16/h2-12,15H,13-14H2,1H3. The number of ether oxygens (including phenoxy) is 1. The minimum Gasteiger partial charge on any atom is -0.489 e. The molecule has 2 aromatic carbocycles. The van der Waals surface area contributed by atoms with Gasteiger partial charge in [0.05, 0.1) is 12.8 Å². The van der Waals surface area contributed by atoms with Crippen molar-refractivity contribution in [1.29, 1.82) is 0 Å². The summed E-state index contributed by atoms with van der Waals surface area (Å²) in [4.78, 5) is 18.8. The molecule has 0 fully saturated rings. The Hall–Kier alpha value is -3.09. The maximum absolute atomic E-state index is 12.7. The SMILES string of the molecule is CN(Cc1ccco1)C(=O)c1csc(-c2cccc(OCc3cccc(Cl)c3)c2)n1. The summed E-state index contributed by atoms with van der Waals surface area (Å²) in [6, 6.07) is 18.9. The number of amides is 1. The summed E-state index contributed by atoms with van der Waals surface area (Å²) in [5.74, 6) is 1.30. The minimum atomic E-state index is -0.151. The minimum absolute atomic E-state index is 0.151. The van der Waals surface area contributed by atoms with Crippen molar-refractivity contribution < 1.29 is 13.9 Å². The first kappa shape index (κ1) is 20.2.